The summed E-state index contributed by atoms with van der Waals surface area (Å²) < 4.78 is 6.87. The first-order chi connectivity index (χ1) is 9.29. The van der Waals surface area contributed by atoms with Gasteiger partial charge in [-0.15, -0.1) is 0 Å². The van der Waals surface area contributed by atoms with Gasteiger partial charge in [0.25, 0.3) is 0 Å². The molecule has 1 fully saturated rings. The number of hydrogen-bond donors (Lipinski definition) is 2. The Kier molecular flexibility index (Phi) is 3.67. The third-order valence-corrected chi connectivity index (χ3v) is 3.14. The molecule has 1 aromatic heterocycles. The molecule has 2 N–H and O–H groups in total. The first-order valence-corrected chi connectivity index (χ1v) is 6.21. The van der Waals surface area contributed by atoms with Gasteiger partial charge < -0.3 is 20.1 Å². The monoisotopic (exact) mass is 282 g/mol. The van der Waals surface area contributed by atoms with Crippen LogP contribution in [0.2, 0.25) is 0 Å². The molecule has 0 unspecified atom stereocenters. The van der Waals surface area contributed by atoms with E-state index in [2.05, 4.69) is 10.4 Å². The van der Waals surface area contributed by atoms with Gasteiger partial charge in [-0.25, -0.2) is 9.59 Å². The van der Waals surface area contributed by atoms with Crippen LogP contribution in [0.4, 0.5) is 10.5 Å². The molecule has 1 saturated heterocycles. The second-order valence-electron chi connectivity index (χ2n) is 5.22. The lowest BCUT2D eigenvalue weighted by Crippen LogP contribution is -2.64. The third kappa shape index (κ3) is 3.08. The molecule has 110 valence electrons. The van der Waals surface area contributed by atoms with Gasteiger partial charge in [0, 0.05) is 13.2 Å². The number of aromatic nitrogens is 2. The summed E-state index contributed by atoms with van der Waals surface area (Å²) in [5.41, 5.74) is 0.823. The van der Waals surface area contributed by atoms with E-state index in [9.17, 15) is 9.59 Å². The minimum absolute atomic E-state index is 0.238. The number of carboxylic acid groups (broad SMARTS) is 1. The number of rotatable bonds is 4. The van der Waals surface area contributed by atoms with Crippen molar-refractivity contribution >= 4 is 17.7 Å². The topological polar surface area (TPSA) is 96.7 Å². The van der Waals surface area contributed by atoms with Crippen molar-refractivity contribution in [2.45, 2.75) is 19.4 Å². The van der Waals surface area contributed by atoms with Crippen molar-refractivity contribution in [1.82, 2.24) is 14.7 Å². The molecule has 0 aliphatic carbocycles. The Morgan fingerprint density at radius 1 is 1.55 bits per heavy atom. The Morgan fingerprint density at radius 2 is 2.20 bits per heavy atom. The van der Waals surface area contributed by atoms with Gasteiger partial charge in [-0.3, -0.25) is 4.68 Å². The van der Waals surface area contributed by atoms with Gasteiger partial charge in [-0.1, -0.05) is 0 Å². The van der Waals surface area contributed by atoms with Gasteiger partial charge in [0.2, 0.25) is 0 Å². The highest BCUT2D eigenvalue weighted by Crippen LogP contribution is 2.25. The van der Waals surface area contributed by atoms with Crippen LogP contribution in [0, 0.1) is 6.92 Å². The zero-order valence-electron chi connectivity index (χ0n) is 11.7. The van der Waals surface area contributed by atoms with E-state index in [4.69, 9.17) is 9.84 Å². The fourth-order valence-corrected chi connectivity index (χ4v) is 2.15. The van der Waals surface area contributed by atoms with E-state index in [1.54, 1.807) is 29.7 Å². The highest BCUT2D eigenvalue weighted by Gasteiger charge is 2.42. The largest absolute Gasteiger partial charge is 0.480 e. The third-order valence-electron chi connectivity index (χ3n) is 3.14. The van der Waals surface area contributed by atoms with E-state index in [0.717, 1.165) is 5.69 Å². The van der Waals surface area contributed by atoms with Gasteiger partial charge in [-0.05, 0) is 13.8 Å². The first kappa shape index (κ1) is 14.3. The van der Waals surface area contributed by atoms with E-state index in [1.165, 1.54) is 0 Å². The number of aliphatic carboxylic acids is 1. The van der Waals surface area contributed by atoms with Crippen molar-refractivity contribution in [1.29, 1.82) is 0 Å². The number of amides is 2. The number of nitrogens with one attached hydrogen (secondary N) is 1. The smallest absolute Gasteiger partial charge is 0.329 e. The normalized spacial score (nSPS) is 16.6. The highest BCUT2D eigenvalue weighted by molar-refractivity contribution is 5.90. The second-order valence-corrected chi connectivity index (χ2v) is 5.22. The molecule has 1 aromatic rings. The Morgan fingerprint density at radius 3 is 2.70 bits per heavy atom. The van der Waals surface area contributed by atoms with Crippen LogP contribution in [0.15, 0.2) is 6.20 Å². The molecule has 0 aromatic carbocycles. The number of likely N-dealkylation sites (tertiary alicyclic amines) is 1. The van der Waals surface area contributed by atoms with E-state index >= 15 is 0 Å². The molecule has 20 heavy (non-hydrogen) atoms. The quantitative estimate of drug-likeness (QED) is 0.835. The fraction of sp³-hybridized carbons (Fsp3) is 0.583. The number of aryl methyl sites for hydroxylation is 2. The Labute approximate surface area is 116 Å². The lowest BCUT2D eigenvalue weighted by atomic mass is 9.97. The minimum Gasteiger partial charge on any atom is -0.480 e. The van der Waals surface area contributed by atoms with Crippen LogP contribution < -0.4 is 5.32 Å². The molecule has 1 aliphatic heterocycles. The lowest BCUT2D eigenvalue weighted by Gasteiger charge is -2.46. The Balaban J connectivity index is 1.84. The lowest BCUT2D eigenvalue weighted by molar-refractivity contribution is -0.159. The van der Waals surface area contributed by atoms with Crippen molar-refractivity contribution in [3.63, 3.8) is 0 Å². The summed E-state index contributed by atoms with van der Waals surface area (Å²) in [6.45, 7) is 3.98. The van der Waals surface area contributed by atoms with E-state index in [1.807, 2.05) is 6.92 Å². The van der Waals surface area contributed by atoms with Gasteiger partial charge in [-0.2, -0.15) is 5.10 Å². The van der Waals surface area contributed by atoms with E-state index < -0.39 is 11.6 Å². The van der Waals surface area contributed by atoms with Crippen LogP contribution in [0.3, 0.4) is 0 Å². The van der Waals surface area contributed by atoms with Crippen molar-refractivity contribution in [3.8, 4) is 0 Å². The van der Waals surface area contributed by atoms with E-state index in [0.29, 0.717) is 18.8 Å². The Bertz CT molecular complexity index is 534. The number of anilines is 1. The zero-order valence-corrected chi connectivity index (χ0v) is 11.7. The summed E-state index contributed by atoms with van der Waals surface area (Å²) >= 11 is 0. The summed E-state index contributed by atoms with van der Waals surface area (Å²) in [6, 6.07) is -0.238. The number of urea groups is 1. The molecule has 0 saturated carbocycles. The van der Waals surface area contributed by atoms with E-state index in [-0.39, 0.29) is 12.6 Å². The number of ether oxygens (including phenoxy) is 1. The molecule has 8 nitrogen and oxygen atoms in total. The maximum atomic E-state index is 12.0. The van der Waals surface area contributed by atoms with Crippen molar-refractivity contribution in [3.05, 3.63) is 11.9 Å². The molecule has 2 rings (SSSR count). The summed E-state index contributed by atoms with van der Waals surface area (Å²) in [5.74, 6) is -1.01. The predicted octanol–water partition coefficient (Wildman–Crippen LogP) is 0.436. The average molecular weight is 282 g/mol. The summed E-state index contributed by atoms with van der Waals surface area (Å²) in [6.07, 6.45) is 1.73. The maximum Gasteiger partial charge on any atom is 0.329 e. The molecule has 2 heterocycles. The number of carbonyl (C=O) groups is 2. The van der Waals surface area contributed by atoms with Gasteiger partial charge in [0.1, 0.15) is 12.2 Å². The average Bonchev–Trinajstić information content (AvgIpc) is 2.61. The van der Waals surface area contributed by atoms with Gasteiger partial charge in [0.05, 0.1) is 24.5 Å². The number of hydrogen-bond acceptors (Lipinski definition) is 4. The number of nitrogens with zero attached hydrogens (tertiary/aromatic N) is 3. The van der Waals surface area contributed by atoms with Crippen LogP contribution in [0.25, 0.3) is 0 Å². The first-order valence-electron chi connectivity index (χ1n) is 6.21. The molecule has 1 aliphatic rings. The zero-order chi connectivity index (χ0) is 14.9. The van der Waals surface area contributed by atoms with Crippen LogP contribution in [0.1, 0.15) is 12.6 Å². The molecule has 0 spiro atoms. The van der Waals surface area contributed by atoms with Crippen molar-refractivity contribution in [2.75, 3.05) is 25.0 Å². The molecule has 0 radical (unpaired) electrons. The van der Waals surface area contributed by atoms with Crippen LogP contribution in [0.5, 0.6) is 0 Å². The molecular formula is C12H18N4O4. The molecule has 0 atom stereocenters. The van der Waals surface area contributed by atoms with Crippen LogP contribution in [-0.2, 0) is 16.6 Å². The predicted molar refractivity (Wildman–Crippen MR) is 70.5 cm³/mol. The highest BCUT2D eigenvalue weighted by atomic mass is 16.5. The molecular weight excluding hydrogens is 264 g/mol. The van der Waals surface area contributed by atoms with Crippen LogP contribution in [-0.4, -0.2) is 57.1 Å². The fourth-order valence-electron chi connectivity index (χ4n) is 2.15. The minimum atomic E-state index is -1.01. The summed E-state index contributed by atoms with van der Waals surface area (Å²) in [7, 11) is 1.78. The summed E-state index contributed by atoms with van der Waals surface area (Å²) in [4.78, 5) is 24.0. The Hall–Kier alpha value is -2.09. The van der Waals surface area contributed by atoms with Crippen LogP contribution >= 0.6 is 0 Å². The number of carbonyl (C=O) groups excluding carboxylic acids is 1. The molecule has 8 heteroatoms. The SMILES string of the molecule is Cc1nn(C)cc1NC(=O)N1CC(C)(OCC(=O)O)C1. The molecule has 2 amide bonds. The molecule has 0 bridgehead atoms. The van der Waals surface area contributed by atoms with Gasteiger partial charge >= 0.3 is 12.0 Å². The van der Waals surface area contributed by atoms with Gasteiger partial charge in [0.15, 0.2) is 0 Å². The maximum absolute atomic E-state index is 12.0. The standard InChI is InChI=1S/C12H18N4O4/c1-8-9(4-15(3)14-8)13-11(19)16-6-12(2,7-16)20-5-10(17)18/h4H,5-7H2,1-3H3,(H,13,19)(H,17,18). The second kappa shape index (κ2) is 5.12. The number of carboxylic acids is 1. The van der Waals surface area contributed by atoms with Crippen molar-refractivity contribution in [2.24, 2.45) is 7.05 Å². The van der Waals surface area contributed by atoms with Crippen molar-refractivity contribution < 1.29 is 19.4 Å². The summed E-state index contributed by atoms with van der Waals surface area (Å²) in [5, 5.41) is 15.5.